The van der Waals surface area contributed by atoms with Gasteiger partial charge in [-0.15, -0.1) is 0 Å². The molecule has 10 heavy (non-hydrogen) atoms. The Morgan fingerprint density at radius 3 is 2.50 bits per heavy atom. The number of hydrogen-bond acceptors (Lipinski definition) is 5. The summed E-state index contributed by atoms with van der Waals surface area (Å²) < 4.78 is 24.3. The third-order valence-corrected chi connectivity index (χ3v) is 0.817. The van der Waals surface area contributed by atoms with Crippen molar-refractivity contribution >= 4 is 15.8 Å². The van der Waals surface area contributed by atoms with E-state index < -0.39 is 10.1 Å². The van der Waals surface area contributed by atoms with Gasteiger partial charge in [0.1, 0.15) is 6.07 Å². The van der Waals surface area contributed by atoms with E-state index in [1.54, 1.807) is 6.07 Å². The van der Waals surface area contributed by atoms with Crippen molar-refractivity contribution in [1.29, 1.82) is 5.26 Å². The first-order valence-electron chi connectivity index (χ1n) is 2.29. The zero-order chi connectivity index (χ0) is 8.20. The fourth-order valence-electron chi connectivity index (χ4n) is 0.144. The molecule has 0 aromatic carbocycles. The van der Waals surface area contributed by atoms with Gasteiger partial charge in [0.15, 0.2) is 5.71 Å². The van der Waals surface area contributed by atoms with E-state index in [0.29, 0.717) is 0 Å². The van der Waals surface area contributed by atoms with Crippen molar-refractivity contribution in [3.8, 4) is 6.07 Å². The van der Waals surface area contributed by atoms with Gasteiger partial charge in [-0.2, -0.15) is 13.7 Å². The molecule has 0 aliphatic rings. The smallest absolute Gasteiger partial charge is 0.268 e. The molecule has 0 fully saturated rings. The average molecular weight is 162 g/mol. The van der Waals surface area contributed by atoms with Crippen LogP contribution in [0.25, 0.3) is 0 Å². The van der Waals surface area contributed by atoms with Gasteiger partial charge in [0.2, 0.25) is 0 Å². The van der Waals surface area contributed by atoms with E-state index in [1.807, 2.05) is 0 Å². The molecular weight excluding hydrogens is 156 g/mol. The summed E-state index contributed by atoms with van der Waals surface area (Å²) in [6, 6.07) is 1.60. The quantitative estimate of drug-likeness (QED) is 0.418. The molecule has 0 aliphatic heterocycles. The molecule has 0 rings (SSSR count). The normalized spacial score (nSPS) is 12.3. The zero-order valence-corrected chi connectivity index (χ0v) is 6.34. The van der Waals surface area contributed by atoms with Crippen LogP contribution in [0.2, 0.25) is 0 Å². The third kappa shape index (κ3) is 5.05. The van der Waals surface area contributed by atoms with Gasteiger partial charge >= 0.3 is 10.1 Å². The third-order valence-electron chi connectivity index (χ3n) is 0.471. The van der Waals surface area contributed by atoms with Crippen LogP contribution in [-0.4, -0.2) is 20.4 Å². The average Bonchev–Trinajstić information content (AvgIpc) is 1.81. The van der Waals surface area contributed by atoms with Gasteiger partial charge in [-0.1, -0.05) is 5.16 Å². The summed E-state index contributed by atoms with van der Waals surface area (Å²) in [5, 5.41) is 11.1. The standard InChI is InChI=1S/C4H6N2O3S/c1-4(3-5)6-9-10(2,7)8/h1-2H3/b6-4+. The van der Waals surface area contributed by atoms with Gasteiger partial charge in [-0.25, -0.2) is 0 Å². The van der Waals surface area contributed by atoms with Crippen LogP contribution in [0.1, 0.15) is 6.92 Å². The van der Waals surface area contributed by atoms with Crippen LogP contribution in [0, 0.1) is 11.3 Å². The Kier molecular flexibility index (Phi) is 2.83. The number of nitrogens with zero attached hydrogens (tertiary/aromatic N) is 2. The Bertz CT molecular complexity index is 271. The molecule has 0 radical (unpaired) electrons. The highest BCUT2D eigenvalue weighted by Gasteiger charge is 1.98. The molecule has 6 heteroatoms. The summed E-state index contributed by atoms with van der Waals surface area (Å²) in [7, 11) is -3.57. The minimum absolute atomic E-state index is 0.0366. The lowest BCUT2D eigenvalue weighted by Gasteiger charge is -1.90. The van der Waals surface area contributed by atoms with E-state index in [4.69, 9.17) is 5.26 Å². The summed E-state index contributed by atoms with van der Waals surface area (Å²) in [6.45, 7) is 1.34. The van der Waals surface area contributed by atoms with Crippen LogP contribution >= 0.6 is 0 Å². The second kappa shape index (κ2) is 3.17. The maximum Gasteiger partial charge on any atom is 0.325 e. The number of hydrogen-bond donors (Lipinski definition) is 0. The van der Waals surface area contributed by atoms with Crippen molar-refractivity contribution in [2.24, 2.45) is 5.16 Å². The van der Waals surface area contributed by atoms with Crippen molar-refractivity contribution in [2.45, 2.75) is 6.92 Å². The SMILES string of the molecule is C/C(C#N)=N\OS(C)(=O)=O. The maximum absolute atomic E-state index is 10.2. The van der Waals surface area contributed by atoms with E-state index in [0.717, 1.165) is 6.26 Å². The zero-order valence-electron chi connectivity index (χ0n) is 5.53. The molecule has 0 unspecified atom stereocenters. The Balaban J connectivity index is 4.15. The molecular formula is C4H6N2O3S. The largest absolute Gasteiger partial charge is 0.325 e. The van der Waals surface area contributed by atoms with Crippen molar-refractivity contribution in [3.63, 3.8) is 0 Å². The monoisotopic (exact) mass is 162 g/mol. The van der Waals surface area contributed by atoms with E-state index in [2.05, 4.69) is 9.44 Å². The van der Waals surface area contributed by atoms with Crippen LogP contribution in [0.4, 0.5) is 0 Å². The molecule has 0 aromatic rings. The summed E-state index contributed by atoms with van der Waals surface area (Å²) in [5.41, 5.74) is -0.0366. The summed E-state index contributed by atoms with van der Waals surface area (Å²) in [4.78, 5) is 0. The molecule has 0 aliphatic carbocycles. The first-order chi connectivity index (χ1) is 4.45. The van der Waals surface area contributed by atoms with Gasteiger partial charge in [-0.05, 0) is 6.92 Å². The highest BCUT2D eigenvalue weighted by Crippen LogP contribution is 1.87. The van der Waals surface area contributed by atoms with E-state index >= 15 is 0 Å². The fraction of sp³-hybridized carbons (Fsp3) is 0.500. The lowest BCUT2D eigenvalue weighted by molar-refractivity contribution is 0.343. The Labute approximate surface area is 59.0 Å². The molecule has 0 aromatic heterocycles. The molecule has 0 bridgehead atoms. The maximum atomic E-state index is 10.2. The summed E-state index contributed by atoms with van der Waals surface area (Å²) >= 11 is 0. The minimum Gasteiger partial charge on any atom is -0.268 e. The van der Waals surface area contributed by atoms with E-state index in [9.17, 15) is 8.42 Å². The molecule has 0 N–H and O–H groups in total. The highest BCUT2D eigenvalue weighted by atomic mass is 32.2. The van der Waals surface area contributed by atoms with Crippen LogP contribution in [-0.2, 0) is 14.4 Å². The van der Waals surface area contributed by atoms with Gasteiger partial charge in [-0.3, -0.25) is 4.28 Å². The molecule has 0 amide bonds. The lowest BCUT2D eigenvalue weighted by atomic mass is 10.5. The molecule has 0 heterocycles. The lowest BCUT2D eigenvalue weighted by Crippen LogP contribution is -1.98. The number of nitriles is 1. The first-order valence-corrected chi connectivity index (χ1v) is 4.10. The molecule has 0 atom stereocenters. The topological polar surface area (TPSA) is 79.5 Å². The summed E-state index contributed by atoms with van der Waals surface area (Å²) in [5.74, 6) is 0. The second-order valence-electron chi connectivity index (χ2n) is 1.57. The first kappa shape index (κ1) is 8.91. The number of oxime groups is 1. The van der Waals surface area contributed by atoms with Crippen molar-refractivity contribution in [2.75, 3.05) is 6.26 Å². The van der Waals surface area contributed by atoms with Crippen molar-refractivity contribution in [3.05, 3.63) is 0 Å². The van der Waals surface area contributed by atoms with Crippen molar-refractivity contribution < 1.29 is 12.7 Å². The Morgan fingerprint density at radius 1 is 1.70 bits per heavy atom. The van der Waals surface area contributed by atoms with E-state index in [1.165, 1.54) is 6.92 Å². The van der Waals surface area contributed by atoms with Gasteiger partial charge in [0.25, 0.3) is 0 Å². The Morgan fingerprint density at radius 2 is 2.20 bits per heavy atom. The van der Waals surface area contributed by atoms with Crippen LogP contribution < -0.4 is 0 Å². The van der Waals surface area contributed by atoms with Gasteiger partial charge < -0.3 is 0 Å². The van der Waals surface area contributed by atoms with Crippen LogP contribution in [0.5, 0.6) is 0 Å². The minimum atomic E-state index is -3.57. The van der Waals surface area contributed by atoms with Gasteiger partial charge in [0.05, 0.1) is 6.26 Å². The molecule has 0 saturated heterocycles. The highest BCUT2D eigenvalue weighted by molar-refractivity contribution is 7.85. The molecule has 56 valence electrons. The Hall–Kier alpha value is -1.09. The van der Waals surface area contributed by atoms with E-state index in [-0.39, 0.29) is 5.71 Å². The van der Waals surface area contributed by atoms with Crippen molar-refractivity contribution in [1.82, 2.24) is 0 Å². The van der Waals surface area contributed by atoms with Crippen LogP contribution in [0.3, 0.4) is 0 Å². The predicted octanol–water partition coefficient (Wildman–Crippen LogP) is -0.138. The molecule has 0 spiro atoms. The van der Waals surface area contributed by atoms with Crippen LogP contribution in [0.15, 0.2) is 5.16 Å². The summed E-state index contributed by atoms with van der Waals surface area (Å²) in [6.07, 6.45) is 0.848. The predicted molar refractivity (Wildman–Crippen MR) is 34.7 cm³/mol. The molecule has 5 nitrogen and oxygen atoms in total. The molecule has 0 saturated carbocycles. The number of rotatable bonds is 2. The fourth-order valence-corrected chi connectivity index (χ4v) is 0.391. The second-order valence-corrected chi connectivity index (χ2v) is 3.12. The van der Waals surface area contributed by atoms with Gasteiger partial charge in [0, 0.05) is 0 Å².